The Kier molecular flexibility index (Phi) is 6.06. The molecule has 0 fully saturated rings. The standard InChI is InChI=1S/C9H14.Ti/c1-2-3-6-9-7-4-5-8-9;/h4,7-8H,2-3,5-6H2,1H3;. The van der Waals surface area contributed by atoms with Crippen LogP contribution < -0.4 is 0 Å². The first-order chi connectivity index (χ1) is 4.43. The molecule has 0 heterocycles. The molecule has 0 saturated heterocycles. The number of hydrogen-bond acceptors (Lipinski definition) is 0. The second kappa shape index (κ2) is 5.94. The minimum absolute atomic E-state index is 0. The van der Waals surface area contributed by atoms with E-state index in [4.69, 9.17) is 0 Å². The second-order valence-corrected chi connectivity index (χ2v) is 2.52. The normalized spacial score (nSPS) is 14.7. The molecule has 0 aromatic carbocycles. The van der Waals surface area contributed by atoms with Crippen molar-refractivity contribution < 1.29 is 21.7 Å². The first-order valence-corrected chi connectivity index (χ1v) is 3.79. The van der Waals surface area contributed by atoms with Crippen molar-refractivity contribution in [2.24, 2.45) is 0 Å². The molecule has 0 spiro atoms. The molecule has 1 heteroatoms. The second-order valence-electron chi connectivity index (χ2n) is 2.52. The molecule has 0 atom stereocenters. The Hall–Kier alpha value is 0.194. The summed E-state index contributed by atoms with van der Waals surface area (Å²) in [6, 6.07) is 0. The van der Waals surface area contributed by atoms with Crippen LogP contribution in [0.4, 0.5) is 0 Å². The van der Waals surface area contributed by atoms with Crippen molar-refractivity contribution in [3.8, 4) is 0 Å². The van der Waals surface area contributed by atoms with Gasteiger partial charge in [0.05, 0.1) is 0 Å². The van der Waals surface area contributed by atoms with Crippen molar-refractivity contribution in [1.29, 1.82) is 0 Å². The monoisotopic (exact) mass is 170 g/mol. The summed E-state index contributed by atoms with van der Waals surface area (Å²) in [6.45, 7) is 2.24. The van der Waals surface area contributed by atoms with Crippen LogP contribution >= 0.6 is 0 Å². The summed E-state index contributed by atoms with van der Waals surface area (Å²) in [5, 5.41) is 0. The van der Waals surface area contributed by atoms with E-state index in [-0.39, 0.29) is 21.7 Å². The topological polar surface area (TPSA) is 0 Å². The van der Waals surface area contributed by atoms with E-state index in [1.165, 1.54) is 31.3 Å². The van der Waals surface area contributed by atoms with Gasteiger partial charge in [0, 0.05) is 21.7 Å². The third-order valence-electron chi connectivity index (χ3n) is 1.67. The molecule has 0 saturated carbocycles. The molecule has 0 aromatic rings. The Labute approximate surface area is 78.3 Å². The van der Waals surface area contributed by atoms with E-state index in [2.05, 4.69) is 25.2 Å². The third-order valence-corrected chi connectivity index (χ3v) is 1.67. The molecule has 54 valence electrons. The molecule has 0 aliphatic heterocycles. The van der Waals surface area contributed by atoms with Crippen molar-refractivity contribution in [3.63, 3.8) is 0 Å². The van der Waals surface area contributed by atoms with Crippen LogP contribution in [0.3, 0.4) is 0 Å². The molecule has 0 amide bonds. The maximum Gasteiger partial charge on any atom is 0 e. The average molecular weight is 170 g/mol. The zero-order chi connectivity index (χ0) is 6.53. The first-order valence-electron chi connectivity index (χ1n) is 3.79. The van der Waals surface area contributed by atoms with Crippen molar-refractivity contribution in [1.82, 2.24) is 0 Å². The minimum atomic E-state index is 0. The number of unbranched alkanes of at least 4 members (excludes halogenated alkanes) is 1. The maximum atomic E-state index is 2.32. The predicted molar refractivity (Wildman–Crippen MR) is 41.4 cm³/mol. The van der Waals surface area contributed by atoms with Gasteiger partial charge in [0.15, 0.2) is 0 Å². The number of allylic oxidation sites excluding steroid dienone is 4. The van der Waals surface area contributed by atoms with Gasteiger partial charge in [-0.2, -0.15) is 0 Å². The van der Waals surface area contributed by atoms with Crippen LogP contribution in [0.1, 0.15) is 32.6 Å². The van der Waals surface area contributed by atoms with E-state index in [9.17, 15) is 0 Å². The Morgan fingerprint density at radius 2 is 2.30 bits per heavy atom. The van der Waals surface area contributed by atoms with Gasteiger partial charge in [0.25, 0.3) is 0 Å². The summed E-state index contributed by atoms with van der Waals surface area (Å²) in [6.07, 6.45) is 11.9. The van der Waals surface area contributed by atoms with Gasteiger partial charge in [-0.15, -0.1) is 0 Å². The van der Waals surface area contributed by atoms with Crippen LogP contribution in [0.2, 0.25) is 0 Å². The minimum Gasteiger partial charge on any atom is -0.0805 e. The Balaban J connectivity index is 0.000000810. The molecule has 1 aliphatic carbocycles. The van der Waals surface area contributed by atoms with Crippen molar-refractivity contribution >= 4 is 0 Å². The molecule has 10 heavy (non-hydrogen) atoms. The summed E-state index contributed by atoms with van der Waals surface area (Å²) in [4.78, 5) is 0. The molecular weight excluding hydrogens is 156 g/mol. The average Bonchev–Trinajstić information content (AvgIpc) is 2.34. The summed E-state index contributed by atoms with van der Waals surface area (Å²) in [7, 11) is 0. The molecule has 0 bridgehead atoms. The summed E-state index contributed by atoms with van der Waals surface area (Å²) in [5.74, 6) is 0. The van der Waals surface area contributed by atoms with E-state index >= 15 is 0 Å². The number of rotatable bonds is 3. The zero-order valence-electron chi connectivity index (χ0n) is 6.56. The molecule has 1 rings (SSSR count). The fourth-order valence-corrected chi connectivity index (χ4v) is 1.07. The van der Waals surface area contributed by atoms with Gasteiger partial charge < -0.3 is 0 Å². The summed E-state index contributed by atoms with van der Waals surface area (Å²) < 4.78 is 0. The molecule has 0 unspecified atom stereocenters. The molecule has 0 N–H and O–H groups in total. The van der Waals surface area contributed by atoms with Gasteiger partial charge in [-0.25, -0.2) is 0 Å². The number of hydrogen-bond donors (Lipinski definition) is 0. The van der Waals surface area contributed by atoms with Crippen molar-refractivity contribution in [2.75, 3.05) is 0 Å². The van der Waals surface area contributed by atoms with Crippen LogP contribution in [0, 0.1) is 0 Å². The van der Waals surface area contributed by atoms with Crippen molar-refractivity contribution in [3.05, 3.63) is 23.8 Å². The molecule has 0 nitrogen and oxygen atoms in total. The third kappa shape index (κ3) is 3.38. The van der Waals surface area contributed by atoms with Crippen LogP contribution in [-0.2, 0) is 21.7 Å². The molecule has 0 radical (unpaired) electrons. The first kappa shape index (κ1) is 10.2. The van der Waals surface area contributed by atoms with Gasteiger partial charge in [0.2, 0.25) is 0 Å². The van der Waals surface area contributed by atoms with Gasteiger partial charge >= 0.3 is 0 Å². The Morgan fingerprint density at radius 1 is 1.50 bits per heavy atom. The quantitative estimate of drug-likeness (QED) is 0.571. The van der Waals surface area contributed by atoms with Gasteiger partial charge in [-0.1, -0.05) is 37.1 Å². The Morgan fingerprint density at radius 3 is 2.80 bits per heavy atom. The zero-order valence-corrected chi connectivity index (χ0v) is 8.12. The predicted octanol–water partition coefficient (Wildman–Crippen LogP) is 3.06. The maximum absolute atomic E-state index is 2.32. The van der Waals surface area contributed by atoms with Gasteiger partial charge in [-0.3, -0.25) is 0 Å². The van der Waals surface area contributed by atoms with Gasteiger partial charge in [-0.05, 0) is 19.3 Å². The van der Waals surface area contributed by atoms with Crippen LogP contribution in [0.5, 0.6) is 0 Å². The van der Waals surface area contributed by atoms with E-state index < -0.39 is 0 Å². The van der Waals surface area contributed by atoms with E-state index in [0.717, 1.165) is 0 Å². The summed E-state index contributed by atoms with van der Waals surface area (Å²) in [5.41, 5.74) is 1.54. The smallest absolute Gasteiger partial charge is 0 e. The van der Waals surface area contributed by atoms with Crippen molar-refractivity contribution in [2.45, 2.75) is 32.6 Å². The van der Waals surface area contributed by atoms with E-state index in [0.29, 0.717) is 0 Å². The molecular formula is C9H14Ti. The molecule has 0 aromatic heterocycles. The molecule has 1 aliphatic rings. The largest absolute Gasteiger partial charge is 0.0805 e. The van der Waals surface area contributed by atoms with Crippen LogP contribution in [-0.4, -0.2) is 0 Å². The Bertz CT molecular complexity index is 134. The van der Waals surface area contributed by atoms with Crippen LogP contribution in [0.25, 0.3) is 0 Å². The SMILES string of the molecule is CCCCC1=CCC=C1.[Ti]. The van der Waals surface area contributed by atoms with Crippen LogP contribution in [0.15, 0.2) is 23.8 Å². The van der Waals surface area contributed by atoms with Gasteiger partial charge in [0.1, 0.15) is 0 Å². The fourth-order valence-electron chi connectivity index (χ4n) is 1.07. The fraction of sp³-hybridized carbons (Fsp3) is 0.556. The van der Waals surface area contributed by atoms with E-state index in [1.54, 1.807) is 0 Å². The van der Waals surface area contributed by atoms with E-state index in [1.807, 2.05) is 0 Å². The summed E-state index contributed by atoms with van der Waals surface area (Å²) >= 11 is 0.